The first kappa shape index (κ1) is 31.3. The van der Waals surface area contributed by atoms with Gasteiger partial charge in [-0.25, -0.2) is 9.97 Å². The molecule has 0 aliphatic rings. The zero-order chi connectivity index (χ0) is 38.0. The summed E-state index contributed by atoms with van der Waals surface area (Å²) in [7, 11) is 0. The fourth-order valence-electron chi connectivity index (χ4n) is 7.10. The lowest BCUT2D eigenvalue weighted by Gasteiger charge is -2.26. The predicted molar refractivity (Wildman–Crippen MR) is 213 cm³/mol. The normalized spacial score (nSPS) is 12.2. The number of rotatable bonds is 6. The van der Waals surface area contributed by atoms with Crippen molar-refractivity contribution in [2.24, 2.45) is 0 Å². The average molecular weight is 725 g/mol. The Morgan fingerprint density at radius 1 is 0.491 bits per heavy atom. The fourth-order valence-corrected chi connectivity index (χ4v) is 7.10. The number of fused-ring (bicyclic) bond motifs is 4. The Labute approximate surface area is 313 Å². The van der Waals surface area contributed by atoms with Crippen molar-refractivity contribution in [3.63, 3.8) is 0 Å². The number of aromatic nitrogens is 2. The second-order valence-corrected chi connectivity index (χ2v) is 13.3. The molecule has 0 bridgehead atoms. The van der Waals surface area contributed by atoms with E-state index < -0.39 is 11.7 Å². The van der Waals surface area contributed by atoms with Crippen LogP contribution in [0.5, 0.6) is 0 Å². The number of para-hydroxylation sites is 4. The molecule has 0 saturated carbocycles. The van der Waals surface area contributed by atoms with E-state index in [1.807, 2.05) is 138 Å². The molecule has 5 nitrogen and oxygen atoms in total. The van der Waals surface area contributed by atoms with Crippen LogP contribution in [-0.4, -0.2) is 9.97 Å². The molecule has 0 N–H and O–H groups in total. The van der Waals surface area contributed by atoms with Gasteiger partial charge in [-0.2, -0.15) is 13.2 Å². The highest BCUT2D eigenvalue weighted by molar-refractivity contribution is 6.00. The SMILES string of the molecule is [2H]c1c(N(c2ccc(-c3nc4ccccc4o3)cc2)c2ccc(-c3nc4ccccc4o3)cc2)ccc2cc(-c3cccc4cc(C(F)(F)F)ccc34)ccc12. The number of oxazole rings is 2. The number of hydrogen-bond acceptors (Lipinski definition) is 5. The summed E-state index contributed by atoms with van der Waals surface area (Å²) in [5, 5.41) is 2.78. The third-order valence-electron chi connectivity index (χ3n) is 9.83. The van der Waals surface area contributed by atoms with E-state index in [9.17, 15) is 14.5 Å². The number of anilines is 3. The van der Waals surface area contributed by atoms with Crippen molar-refractivity contribution in [1.29, 1.82) is 0 Å². The minimum absolute atomic E-state index is 0.313. The zero-order valence-electron chi connectivity index (χ0n) is 29.9. The van der Waals surface area contributed by atoms with Crippen molar-refractivity contribution >= 4 is 60.8 Å². The van der Waals surface area contributed by atoms with E-state index in [0.29, 0.717) is 40.1 Å². The summed E-state index contributed by atoms with van der Waals surface area (Å²) >= 11 is 0. The topological polar surface area (TPSA) is 55.3 Å². The number of hydrogen-bond donors (Lipinski definition) is 0. The van der Waals surface area contributed by atoms with Crippen LogP contribution in [0.15, 0.2) is 179 Å². The smallest absolute Gasteiger partial charge is 0.416 e. The Balaban J connectivity index is 1.05. The molecule has 55 heavy (non-hydrogen) atoms. The summed E-state index contributed by atoms with van der Waals surface area (Å²) in [5.41, 5.74) is 7.87. The van der Waals surface area contributed by atoms with Crippen molar-refractivity contribution in [3.8, 4) is 34.0 Å². The van der Waals surface area contributed by atoms with E-state index in [1.54, 1.807) is 12.1 Å². The Kier molecular flexibility index (Phi) is 7.26. The minimum atomic E-state index is -4.43. The van der Waals surface area contributed by atoms with E-state index in [2.05, 4.69) is 9.97 Å². The van der Waals surface area contributed by atoms with Gasteiger partial charge in [0.15, 0.2) is 11.2 Å². The quantitative estimate of drug-likeness (QED) is 0.171. The molecule has 8 heteroatoms. The molecule has 2 heterocycles. The van der Waals surface area contributed by atoms with Gasteiger partial charge in [0.05, 0.1) is 6.93 Å². The average Bonchev–Trinajstić information content (AvgIpc) is 3.87. The molecule has 10 rings (SSSR count). The van der Waals surface area contributed by atoms with Crippen LogP contribution in [0.25, 0.3) is 77.8 Å². The van der Waals surface area contributed by atoms with Gasteiger partial charge >= 0.3 is 6.18 Å². The van der Waals surface area contributed by atoms with Crippen LogP contribution in [0.4, 0.5) is 30.2 Å². The van der Waals surface area contributed by atoms with E-state index in [4.69, 9.17) is 8.83 Å². The van der Waals surface area contributed by atoms with E-state index in [0.717, 1.165) is 66.9 Å². The Bertz CT molecular complexity index is 2910. The summed E-state index contributed by atoms with van der Waals surface area (Å²) < 4.78 is 62.0. The lowest BCUT2D eigenvalue weighted by Crippen LogP contribution is -2.09. The van der Waals surface area contributed by atoms with Gasteiger partial charge in [0.25, 0.3) is 0 Å². The molecule has 264 valence electrons. The molecule has 0 fully saturated rings. The molecule has 0 amide bonds. The minimum Gasteiger partial charge on any atom is -0.436 e. The second-order valence-electron chi connectivity index (χ2n) is 13.3. The van der Waals surface area contributed by atoms with Gasteiger partial charge < -0.3 is 13.7 Å². The van der Waals surface area contributed by atoms with Crippen LogP contribution >= 0.6 is 0 Å². The third-order valence-corrected chi connectivity index (χ3v) is 9.83. The van der Waals surface area contributed by atoms with Crippen molar-refractivity contribution in [2.75, 3.05) is 4.90 Å². The maximum atomic E-state index is 13.5. The van der Waals surface area contributed by atoms with Crippen LogP contribution < -0.4 is 4.90 Å². The highest BCUT2D eigenvalue weighted by Crippen LogP contribution is 2.40. The lowest BCUT2D eigenvalue weighted by molar-refractivity contribution is -0.137. The summed E-state index contributed by atoms with van der Waals surface area (Å²) in [6.07, 6.45) is -4.43. The van der Waals surface area contributed by atoms with Crippen LogP contribution in [-0.2, 0) is 6.18 Å². The maximum absolute atomic E-state index is 13.5. The van der Waals surface area contributed by atoms with Crippen molar-refractivity contribution in [2.45, 2.75) is 6.18 Å². The van der Waals surface area contributed by atoms with Gasteiger partial charge in [-0.3, -0.25) is 0 Å². The molecule has 0 aliphatic heterocycles. The first-order chi connectivity index (χ1) is 27.3. The molecule has 0 aliphatic carbocycles. The van der Waals surface area contributed by atoms with Crippen molar-refractivity contribution in [1.82, 2.24) is 9.97 Å². The first-order valence-corrected chi connectivity index (χ1v) is 17.6. The summed E-state index contributed by atoms with van der Waals surface area (Å²) in [6.45, 7) is 0. The number of nitrogens with zero attached hydrogens (tertiary/aromatic N) is 3. The van der Waals surface area contributed by atoms with Gasteiger partial charge in [-0.1, -0.05) is 66.7 Å². The monoisotopic (exact) mass is 724 g/mol. The fraction of sp³-hybridized carbons (Fsp3) is 0.0213. The highest BCUT2D eigenvalue weighted by atomic mass is 19.4. The summed E-state index contributed by atoms with van der Waals surface area (Å²) in [4.78, 5) is 11.4. The molecular formula is C47H28F3N3O2. The van der Waals surface area contributed by atoms with Crippen LogP contribution in [0.3, 0.4) is 0 Å². The number of alkyl halides is 3. The molecule has 0 radical (unpaired) electrons. The second kappa shape index (κ2) is 12.7. The standard InChI is InChI=1S/C47H28F3N3O2/c48-47(49,50)35-19-25-40-33(27-35)6-5-7-39(40)34-13-12-32-28-38(24-18-31(32)26-34)53(36-20-14-29(15-21-36)45-51-41-8-1-3-10-43(41)54-45)37-22-16-30(17-23-37)46-52-42-9-2-4-11-44(42)55-46/h1-28H/i28D. The van der Waals surface area contributed by atoms with Gasteiger partial charge in [-0.15, -0.1) is 0 Å². The number of benzene rings is 8. The van der Waals surface area contributed by atoms with E-state index in [1.165, 1.54) is 12.1 Å². The van der Waals surface area contributed by atoms with Crippen LogP contribution in [0.2, 0.25) is 0 Å². The molecular weight excluding hydrogens is 696 g/mol. The zero-order valence-corrected chi connectivity index (χ0v) is 28.9. The van der Waals surface area contributed by atoms with Crippen molar-refractivity contribution < 1.29 is 23.4 Å². The van der Waals surface area contributed by atoms with E-state index >= 15 is 0 Å². The lowest BCUT2D eigenvalue weighted by atomic mass is 9.95. The van der Waals surface area contributed by atoms with Crippen LogP contribution in [0.1, 0.15) is 6.93 Å². The number of halogens is 3. The van der Waals surface area contributed by atoms with Gasteiger partial charge in [-0.05, 0) is 136 Å². The Morgan fingerprint density at radius 3 is 1.65 bits per heavy atom. The molecule has 0 spiro atoms. The van der Waals surface area contributed by atoms with Gasteiger partial charge in [0.1, 0.15) is 11.0 Å². The molecule has 0 unspecified atom stereocenters. The largest absolute Gasteiger partial charge is 0.436 e. The Hall–Kier alpha value is -7.19. The van der Waals surface area contributed by atoms with Gasteiger partial charge in [0, 0.05) is 28.2 Å². The molecule has 0 saturated heterocycles. The first-order valence-electron chi connectivity index (χ1n) is 18.1. The highest BCUT2D eigenvalue weighted by Gasteiger charge is 2.30. The molecule has 8 aromatic carbocycles. The molecule has 2 aromatic heterocycles. The molecule has 0 atom stereocenters. The van der Waals surface area contributed by atoms with Crippen molar-refractivity contribution in [3.05, 3.63) is 175 Å². The van der Waals surface area contributed by atoms with Crippen LogP contribution in [0, 0.1) is 0 Å². The predicted octanol–water partition coefficient (Wildman–Crippen LogP) is 13.8. The maximum Gasteiger partial charge on any atom is 0.416 e. The third kappa shape index (κ3) is 5.94. The molecule has 10 aromatic rings. The van der Waals surface area contributed by atoms with Gasteiger partial charge in [0.2, 0.25) is 11.8 Å². The summed E-state index contributed by atoms with van der Waals surface area (Å²) in [5.74, 6) is 1.03. The summed E-state index contributed by atoms with van der Waals surface area (Å²) in [6, 6.07) is 50.3. The Morgan fingerprint density at radius 2 is 1.05 bits per heavy atom. The van der Waals surface area contributed by atoms with E-state index in [-0.39, 0.29) is 0 Å².